The zero-order chi connectivity index (χ0) is 34.7. The van der Waals surface area contributed by atoms with Crippen LogP contribution in [-0.4, -0.2) is 78.2 Å². The number of rotatable bonds is 8. The number of aryl methyl sites for hydroxylation is 1. The van der Waals surface area contributed by atoms with Crippen molar-refractivity contribution in [2.45, 2.75) is 42.4 Å². The molecule has 0 saturated carbocycles. The number of likely N-dealkylation sites (N-methyl/N-ethyl adjacent to an activating group) is 2. The Bertz CT molecular complexity index is 1880. The Morgan fingerprint density at radius 2 is 1.74 bits per heavy atom. The van der Waals surface area contributed by atoms with E-state index in [-0.39, 0.29) is 39.8 Å². The number of carbonyl (C=O) groups excluding carboxylic acids is 2. The Balaban J connectivity index is 1.91. The van der Waals surface area contributed by atoms with E-state index in [2.05, 4.69) is 10.1 Å². The minimum Gasteiger partial charge on any atom is -0.497 e. The van der Waals surface area contributed by atoms with Gasteiger partial charge in [0.25, 0.3) is 15.9 Å². The van der Waals surface area contributed by atoms with E-state index in [1.165, 1.54) is 39.4 Å². The fourth-order valence-corrected chi connectivity index (χ4v) is 8.57. The first-order valence-corrected chi connectivity index (χ1v) is 16.0. The minimum absolute atomic E-state index is 0.0280. The number of hydrogen-bond donors (Lipinski definition) is 1. The quantitative estimate of drug-likeness (QED) is 0.264. The second-order valence-corrected chi connectivity index (χ2v) is 13.6. The molecule has 10 nitrogen and oxygen atoms in total. The van der Waals surface area contributed by atoms with Crippen LogP contribution in [-0.2, 0) is 25.2 Å². The van der Waals surface area contributed by atoms with Gasteiger partial charge in [-0.15, -0.1) is 13.2 Å². The van der Waals surface area contributed by atoms with Crippen LogP contribution in [0.15, 0.2) is 59.5 Å². The summed E-state index contributed by atoms with van der Waals surface area (Å²) in [7, 11) is 0.0509. The first-order chi connectivity index (χ1) is 22.0. The number of methoxy groups -OCH3 is 2. The van der Waals surface area contributed by atoms with Crippen molar-refractivity contribution >= 4 is 39.1 Å². The molecule has 2 aliphatic rings. The Morgan fingerprint density at radius 1 is 1.04 bits per heavy atom. The van der Waals surface area contributed by atoms with E-state index in [0.717, 1.165) is 25.3 Å². The maximum atomic E-state index is 15.6. The van der Waals surface area contributed by atoms with Crippen LogP contribution in [0.25, 0.3) is 0 Å². The molecule has 1 fully saturated rings. The number of quaternary nitrogens is 1. The number of nitrogens with one attached hydrogen (secondary N) is 1. The lowest BCUT2D eigenvalue weighted by molar-refractivity contribution is -0.953. The van der Waals surface area contributed by atoms with Crippen molar-refractivity contribution in [1.29, 1.82) is 0 Å². The third-order valence-corrected chi connectivity index (χ3v) is 10.7. The molecule has 0 spiro atoms. The van der Waals surface area contributed by atoms with E-state index in [0.29, 0.717) is 9.87 Å². The van der Waals surface area contributed by atoms with Gasteiger partial charge in [-0.25, -0.2) is 12.8 Å². The number of carbonyl (C=O) groups is 2. The average molecular weight is 701 g/mol. The standard InChI is InChI=1S/C31H30ClF4N3O7S/c1-17-6-10-25(45-5)22(12-17)30(39(3)16-19(33)14-24(39)28(40)37-2)21-13-18(32)7-9-23(21)38(29(30)41)47(42,43)27-11-8-20(44-4)15-26(27)46-31(34,35)36/h6-13,15,19,24H,14,16H2,1-5H3/p+1/t19-,24+,30?,39?/m1/s1. The van der Waals surface area contributed by atoms with E-state index in [9.17, 15) is 26.4 Å². The molecule has 0 radical (unpaired) electrons. The highest BCUT2D eigenvalue weighted by atomic mass is 35.5. The average Bonchev–Trinajstić information content (AvgIpc) is 3.46. The molecule has 3 aromatic carbocycles. The van der Waals surface area contributed by atoms with Gasteiger partial charge in [-0.1, -0.05) is 23.2 Å². The van der Waals surface area contributed by atoms with Crippen molar-refractivity contribution in [3.05, 3.63) is 76.3 Å². The summed E-state index contributed by atoms with van der Waals surface area (Å²) >= 11 is 6.48. The molecule has 1 saturated heterocycles. The molecule has 47 heavy (non-hydrogen) atoms. The van der Waals surface area contributed by atoms with Crippen LogP contribution in [0, 0.1) is 6.92 Å². The van der Waals surface area contributed by atoms with Crippen LogP contribution in [0.2, 0.25) is 5.02 Å². The zero-order valence-corrected chi connectivity index (χ0v) is 27.4. The number of anilines is 1. The minimum atomic E-state index is -5.32. The Labute approximate surface area is 273 Å². The van der Waals surface area contributed by atoms with Gasteiger partial charge in [0, 0.05) is 24.6 Å². The summed E-state index contributed by atoms with van der Waals surface area (Å²) in [5.41, 5.74) is -1.82. The number of fused-ring (bicyclic) bond motifs is 1. The van der Waals surface area contributed by atoms with Crippen LogP contribution in [0.4, 0.5) is 23.2 Å². The molecule has 4 atom stereocenters. The summed E-state index contributed by atoms with van der Waals surface area (Å²) < 4.78 is 99.9. The number of hydrogen-bond acceptors (Lipinski definition) is 7. The molecule has 2 amide bonds. The van der Waals surface area contributed by atoms with Gasteiger partial charge in [0.1, 0.15) is 22.9 Å². The maximum absolute atomic E-state index is 15.6. The Morgan fingerprint density at radius 3 is 2.36 bits per heavy atom. The van der Waals surface area contributed by atoms with Crippen LogP contribution in [0.3, 0.4) is 0 Å². The number of likely N-dealkylation sites (tertiary alicyclic amines) is 1. The van der Waals surface area contributed by atoms with Gasteiger partial charge < -0.3 is 19.5 Å². The van der Waals surface area contributed by atoms with E-state index >= 15 is 9.18 Å². The number of ether oxygens (including phenoxy) is 3. The predicted octanol–water partition coefficient (Wildman–Crippen LogP) is 4.85. The van der Waals surface area contributed by atoms with Gasteiger partial charge >= 0.3 is 12.3 Å². The molecule has 0 bridgehead atoms. The van der Waals surface area contributed by atoms with Crippen molar-refractivity contribution in [2.75, 3.05) is 39.2 Å². The third-order valence-electron chi connectivity index (χ3n) is 8.76. The summed E-state index contributed by atoms with van der Waals surface area (Å²) in [6.45, 7) is 1.28. The monoisotopic (exact) mass is 700 g/mol. The number of halogens is 5. The van der Waals surface area contributed by atoms with Gasteiger partial charge in [-0.2, -0.15) is 4.31 Å². The molecule has 5 rings (SSSR count). The Hall–Kier alpha value is -4.08. The topological polar surface area (TPSA) is 111 Å². The molecule has 0 aliphatic carbocycles. The maximum Gasteiger partial charge on any atom is 0.573 e. The second kappa shape index (κ2) is 11.9. The van der Waals surface area contributed by atoms with Gasteiger partial charge in [0.05, 0.1) is 38.1 Å². The van der Waals surface area contributed by atoms with Crippen LogP contribution in [0.5, 0.6) is 17.2 Å². The van der Waals surface area contributed by atoms with E-state index in [4.69, 9.17) is 21.1 Å². The highest BCUT2D eigenvalue weighted by Crippen LogP contribution is 2.58. The van der Waals surface area contributed by atoms with E-state index in [1.807, 2.05) is 0 Å². The Kier molecular flexibility index (Phi) is 8.65. The van der Waals surface area contributed by atoms with Gasteiger partial charge in [0.15, 0.2) is 18.0 Å². The van der Waals surface area contributed by atoms with Crippen LogP contribution < -0.4 is 23.8 Å². The van der Waals surface area contributed by atoms with Crippen molar-refractivity contribution in [2.24, 2.45) is 0 Å². The zero-order valence-electron chi connectivity index (χ0n) is 25.8. The van der Waals surface area contributed by atoms with E-state index < -0.39 is 67.6 Å². The highest BCUT2D eigenvalue weighted by Gasteiger charge is 2.72. The number of nitrogens with zero attached hydrogens (tertiary/aromatic N) is 2. The van der Waals surface area contributed by atoms with Crippen molar-refractivity contribution < 1.29 is 54.3 Å². The van der Waals surface area contributed by atoms with Crippen LogP contribution in [0.1, 0.15) is 23.1 Å². The fraction of sp³-hybridized carbons (Fsp3) is 0.355. The molecule has 2 aliphatic heterocycles. The van der Waals surface area contributed by atoms with Crippen LogP contribution >= 0.6 is 11.6 Å². The molecule has 0 aromatic heterocycles. The van der Waals surface area contributed by atoms with Crippen molar-refractivity contribution in [3.8, 4) is 17.2 Å². The molecule has 16 heteroatoms. The lowest BCUT2D eigenvalue weighted by Gasteiger charge is -2.48. The molecule has 2 heterocycles. The SMILES string of the molecule is CNC(=O)[C@@H]1C[C@@H](F)C[N+]1(C)C1(c2cc(C)ccc2OC)C(=O)N(S(=O)(=O)c2ccc(OC)cc2OC(F)(F)F)c2ccc(Cl)cc21. The molecule has 252 valence electrons. The molecule has 1 N–H and O–H groups in total. The number of amides is 2. The summed E-state index contributed by atoms with van der Waals surface area (Å²) in [6, 6.07) is 10.1. The van der Waals surface area contributed by atoms with Crippen molar-refractivity contribution in [1.82, 2.24) is 5.32 Å². The smallest absolute Gasteiger partial charge is 0.497 e. The predicted molar refractivity (Wildman–Crippen MR) is 163 cm³/mol. The number of benzene rings is 3. The summed E-state index contributed by atoms with van der Waals surface area (Å²) in [6.07, 6.45) is -7.24. The second-order valence-electron chi connectivity index (χ2n) is 11.4. The van der Waals surface area contributed by atoms with Crippen molar-refractivity contribution in [3.63, 3.8) is 0 Å². The summed E-state index contributed by atoms with van der Waals surface area (Å²) in [5.74, 6) is -3.01. The lowest BCUT2D eigenvalue weighted by atomic mass is 9.78. The summed E-state index contributed by atoms with van der Waals surface area (Å²) in [5, 5.41) is 2.58. The summed E-state index contributed by atoms with van der Waals surface area (Å²) in [4.78, 5) is 27.8. The first-order valence-electron chi connectivity index (χ1n) is 14.2. The third kappa shape index (κ3) is 5.33. The number of alkyl halides is 4. The van der Waals surface area contributed by atoms with Gasteiger partial charge in [-0.05, 0) is 49.4 Å². The molecule has 2 unspecified atom stereocenters. The van der Waals surface area contributed by atoms with Gasteiger partial charge in [-0.3, -0.25) is 14.1 Å². The molecular weight excluding hydrogens is 670 g/mol. The normalized spacial score (nSPS) is 24.2. The van der Waals surface area contributed by atoms with Gasteiger partial charge in [0.2, 0.25) is 5.54 Å². The highest BCUT2D eigenvalue weighted by molar-refractivity contribution is 7.93. The lowest BCUT2D eigenvalue weighted by Crippen LogP contribution is -2.69. The molecule has 3 aromatic rings. The largest absolute Gasteiger partial charge is 0.573 e. The number of sulfonamides is 1. The molecular formula is C31H31ClF4N3O7S+. The first kappa shape index (κ1) is 34.3. The fourth-order valence-electron chi connectivity index (χ4n) is 6.84. The van der Waals surface area contributed by atoms with E-state index in [1.54, 1.807) is 25.1 Å².